The Balaban J connectivity index is 0. The lowest BCUT2D eigenvalue weighted by Crippen LogP contribution is -1.10. The van der Waals surface area contributed by atoms with Gasteiger partial charge in [-0.2, -0.15) is 0 Å². The Kier molecular flexibility index (Phi) is 71.0. The molecule has 2 heteroatoms. The van der Waals surface area contributed by atoms with Gasteiger partial charge in [0.1, 0.15) is 0 Å². The van der Waals surface area contributed by atoms with Gasteiger partial charge in [0, 0.05) is 0 Å². The molecule has 0 saturated carbocycles. The van der Waals surface area contributed by atoms with Crippen molar-refractivity contribution in [3.63, 3.8) is 0 Å². The minimum absolute atomic E-state index is 0. The van der Waals surface area contributed by atoms with E-state index < -0.39 is 0 Å². The van der Waals surface area contributed by atoms with E-state index in [9.17, 15) is 0 Å². The van der Waals surface area contributed by atoms with Gasteiger partial charge in [0.05, 0.1) is 0 Å². The molecule has 0 heterocycles. The molecule has 0 unspecified atom stereocenters. The average molecular weight is 58.1 g/mol. The van der Waals surface area contributed by atoms with E-state index in [1.807, 2.05) is 0 Å². The molecule has 0 bridgehead atoms. The highest BCUT2D eigenvalue weighted by Gasteiger charge is 0.918. The molecule has 24 valence electrons. The monoisotopic (exact) mass is 58.1 g/mol. The van der Waals surface area contributed by atoms with Crippen molar-refractivity contribution < 1.29 is 0 Å². The van der Waals surface area contributed by atoms with E-state index in [0.29, 0.717) is 0 Å². The fraction of sp³-hybridized carbons (Fsp3) is 0. The molecule has 0 fully saturated rings. The van der Waals surface area contributed by atoms with Crippen LogP contribution >= 0.6 is 0 Å². The highest BCUT2D eigenvalue weighted by Crippen LogP contribution is 0.942. The summed E-state index contributed by atoms with van der Waals surface area (Å²) in [7, 11) is 0. The lowest BCUT2D eigenvalue weighted by Gasteiger charge is -1.10. The Morgan fingerprint density at radius 3 is 1.75 bits per heavy atom. The molecule has 0 aromatic rings. The number of hydrogen-bond donors (Lipinski definition) is 2. The van der Waals surface area contributed by atoms with Crippen LogP contribution in [0.4, 0.5) is 0 Å². The van der Waals surface area contributed by atoms with Crippen molar-refractivity contribution in [2.24, 2.45) is 0 Å². The maximum atomic E-state index is 5.85. The standard InChI is InChI=1S/C2H3N.H3N/c1-2-3;/h3H,1H2;1H3. The summed E-state index contributed by atoms with van der Waals surface area (Å²) in [6, 6.07) is 0. The van der Waals surface area contributed by atoms with Crippen molar-refractivity contribution in [2.75, 3.05) is 0 Å². The van der Waals surface area contributed by atoms with Crippen LogP contribution in [-0.2, 0) is 0 Å². The topological polar surface area (TPSA) is 58.9 Å². The van der Waals surface area contributed by atoms with Crippen molar-refractivity contribution in [3.05, 3.63) is 6.58 Å². The van der Waals surface area contributed by atoms with E-state index in [2.05, 4.69) is 6.58 Å². The van der Waals surface area contributed by atoms with Crippen LogP contribution in [0, 0.1) is 5.41 Å². The van der Waals surface area contributed by atoms with Crippen LogP contribution in [-0.4, -0.2) is 5.87 Å². The van der Waals surface area contributed by atoms with Gasteiger partial charge < -0.3 is 6.15 Å². The van der Waals surface area contributed by atoms with E-state index in [0.717, 1.165) is 0 Å². The molecule has 0 aliphatic heterocycles. The third-order valence-corrected chi connectivity index (χ3v) is 0. The molecule has 0 saturated heterocycles. The van der Waals surface area contributed by atoms with Crippen LogP contribution in [0.1, 0.15) is 0 Å². The van der Waals surface area contributed by atoms with Crippen molar-refractivity contribution in [1.82, 2.24) is 6.15 Å². The van der Waals surface area contributed by atoms with E-state index in [1.54, 1.807) is 5.87 Å². The Hall–Kier alpha value is -0.590. The second-order valence-corrected chi connectivity index (χ2v) is 0.177. The summed E-state index contributed by atoms with van der Waals surface area (Å²) in [5, 5.41) is 5.85. The molecule has 2 nitrogen and oxygen atoms in total. The predicted octanol–water partition coefficient (Wildman–Crippen LogP) is 0.583. The van der Waals surface area contributed by atoms with Gasteiger partial charge in [-0.1, -0.05) is 0 Å². The Morgan fingerprint density at radius 1 is 1.75 bits per heavy atom. The summed E-state index contributed by atoms with van der Waals surface area (Å²) in [5.74, 6) is 1.75. The molecule has 0 aliphatic rings. The van der Waals surface area contributed by atoms with Gasteiger partial charge in [-0.05, 0) is 12.4 Å². The summed E-state index contributed by atoms with van der Waals surface area (Å²) < 4.78 is 0. The lowest BCUT2D eigenvalue weighted by atomic mass is 11.2. The van der Waals surface area contributed by atoms with E-state index in [1.165, 1.54) is 0 Å². The summed E-state index contributed by atoms with van der Waals surface area (Å²) in [4.78, 5) is 0. The second kappa shape index (κ2) is 28.5. The molecular formula is C2H6N2. The summed E-state index contributed by atoms with van der Waals surface area (Å²) in [5.41, 5.74) is 0. The molecule has 0 aliphatic carbocycles. The number of rotatable bonds is 0. The minimum Gasteiger partial charge on any atom is -0.344 e. The van der Waals surface area contributed by atoms with Gasteiger partial charge in [0.25, 0.3) is 0 Å². The molecular weight excluding hydrogens is 52.0 g/mol. The van der Waals surface area contributed by atoms with E-state index >= 15 is 0 Å². The zero-order chi connectivity index (χ0) is 2.71. The first-order valence-electron chi connectivity index (χ1n) is 0.604. The zero-order valence-electron chi connectivity index (χ0n) is 2.41. The van der Waals surface area contributed by atoms with Gasteiger partial charge in [0.15, 0.2) is 0 Å². The molecule has 0 aromatic carbocycles. The molecule has 0 spiro atoms. The van der Waals surface area contributed by atoms with Crippen LogP contribution in [0.2, 0.25) is 0 Å². The maximum absolute atomic E-state index is 5.85. The zero-order valence-corrected chi connectivity index (χ0v) is 2.41. The summed E-state index contributed by atoms with van der Waals surface area (Å²) in [6.45, 7) is 2.90. The molecule has 0 amide bonds. The summed E-state index contributed by atoms with van der Waals surface area (Å²) in [6.07, 6.45) is 0. The van der Waals surface area contributed by atoms with E-state index in [4.69, 9.17) is 5.41 Å². The van der Waals surface area contributed by atoms with Crippen molar-refractivity contribution in [2.45, 2.75) is 0 Å². The smallest absolute Gasteiger partial charge is 0.0306 e. The van der Waals surface area contributed by atoms with Crippen molar-refractivity contribution in [1.29, 1.82) is 5.41 Å². The first-order valence-corrected chi connectivity index (χ1v) is 0.604. The lowest BCUT2D eigenvalue weighted by molar-refractivity contribution is 1.60. The fourth-order valence-corrected chi connectivity index (χ4v) is 0. The van der Waals surface area contributed by atoms with Crippen molar-refractivity contribution in [3.8, 4) is 0 Å². The predicted molar refractivity (Wildman–Crippen MR) is 18.4 cm³/mol. The Morgan fingerprint density at radius 2 is 1.75 bits per heavy atom. The average Bonchev–Trinajstić information content (AvgIpc) is 0.918. The first-order chi connectivity index (χ1) is 1.41. The van der Waals surface area contributed by atoms with Crippen LogP contribution < -0.4 is 6.15 Å². The molecule has 0 aromatic heterocycles. The van der Waals surface area contributed by atoms with Gasteiger partial charge in [-0.25, -0.2) is 0 Å². The third kappa shape index (κ3) is 0.681. The number of hydrogen-bond acceptors (Lipinski definition) is 2. The van der Waals surface area contributed by atoms with E-state index in [-0.39, 0.29) is 6.15 Å². The molecule has 4 N–H and O–H groups in total. The minimum atomic E-state index is 0. The molecule has 0 radical (unpaired) electrons. The largest absolute Gasteiger partial charge is 0.344 e. The summed E-state index contributed by atoms with van der Waals surface area (Å²) >= 11 is 0. The van der Waals surface area contributed by atoms with Crippen LogP contribution in [0.5, 0.6) is 0 Å². The Labute approximate surface area is 25.2 Å². The fourth-order valence-electron chi connectivity index (χ4n) is 0. The van der Waals surface area contributed by atoms with Gasteiger partial charge in [0.2, 0.25) is 0 Å². The first kappa shape index (κ1) is 9.96. The van der Waals surface area contributed by atoms with Crippen LogP contribution in [0.15, 0.2) is 6.58 Å². The highest BCUT2D eigenvalue weighted by atomic mass is 14.3. The third-order valence-electron chi connectivity index (χ3n) is 0. The Bertz CT molecular complexity index is 25.0. The highest BCUT2D eigenvalue weighted by molar-refractivity contribution is 5.41. The SMILES string of the molecule is C=C=N.N. The van der Waals surface area contributed by atoms with Crippen LogP contribution in [0.25, 0.3) is 0 Å². The molecule has 0 rings (SSSR count). The maximum Gasteiger partial charge on any atom is -0.0306 e. The van der Waals surface area contributed by atoms with Gasteiger partial charge >= 0.3 is 0 Å². The van der Waals surface area contributed by atoms with Gasteiger partial charge in [-0.3, -0.25) is 5.41 Å². The number of nitrogens with one attached hydrogen (secondary N) is 1. The van der Waals surface area contributed by atoms with Crippen molar-refractivity contribution >= 4 is 5.87 Å². The van der Waals surface area contributed by atoms with Crippen LogP contribution in [0.3, 0.4) is 0 Å². The molecule has 0 atom stereocenters. The second-order valence-electron chi connectivity index (χ2n) is 0.177. The molecule has 4 heavy (non-hydrogen) atoms. The quantitative estimate of drug-likeness (QED) is 0.393. The van der Waals surface area contributed by atoms with Gasteiger partial charge in [-0.15, -0.1) is 0 Å². The normalized spacial score (nSPS) is 2.00.